The first-order valence-electron chi connectivity index (χ1n) is 11.1. The number of likely N-dealkylation sites (tertiary alicyclic amines) is 1. The van der Waals surface area contributed by atoms with Gasteiger partial charge in [0.05, 0.1) is 0 Å². The molecule has 5 heteroatoms. The normalized spacial score (nSPS) is 19.2. The Bertz CT molecular complexity index is 555. The van der Waals surface area contributed by atoms with Crippen LogP contribution < -0.4 is 10.6 Å². The number of nitrogens with one attached hydrogen (secondary N) is 2. The van der Waals surface area contributed by atoms with Crippen molar-refractivity contribution in [3.8, 4) is 0 Å². The number of guanidine groups is 1. The molecule has 2 N–H and O–H groups in total. The summed E-state index contributed by atoms with van der Waals surface area (Å²) in [5.74, 6) is 0.932. The Morgan fingerprint density at radius 2 is 2.00 bits per heavy atom. The van der Waals surface area contributed by atoms with Gasteiger partial charge in [0.25, 0.3) is 0 Å². The highest BCUT2D eigenvalue weighted by atomic mass is 15.2. The molecule has 2 atom stereocenters. The lowest BCUT2D eigenvalue weighted by molar-refractivity contribution is 0.245. The number of nitrogens with zero attached hydrogens (tertiary/aromatic N) is 3. The molecule has 158 valence electrons. The first kappa shape index (κ1) is 22.7. The van der Waals surface area contributed by atoms with E-state index in [1.165, 1.54) is 44.3 Å². The van der Waals surface area contributed by atoms with E-state index in [9.17, 15) is 0 Å². The molecule has 0 aromatic heterocycles. The molecule has 0 saturated carbocycles. The van der Waals surface area contributed by atoms with E-state index in [0.717, 1.165) is 32.1 Å². The third-order valence-electron chi connectivity index (χ3n) is 5.85. The molecule has 2 unspecified atom stereocenters. The summed E-state index contributed by atoms with van der Waals surface area (Å²) in [7, 11) is 1.87. The van der Waals surface area contributed by atoms with Gasteiger partial charge in [-0.15, -0.1) is 0 Å². The summed E-state index contributed by atoms with van der Waals surface area (Å²) in [6.07, 6.45) is 4.93. The second-order valence-electron chi connectivity index (χ2n) is 7.92. The summed E-state index contributed by atoms with van der Waals surface area (Å²) in [5.41, 5.74) is 1.40. The Balaban J connectivity index is 1.72. The van der Waals surface area contributed by atoms with E-state index in [2.05, 4.69) is 76.5 Å². The van der Waals surface area contributed by atoms with Crippen molar-refractivity contribution in [1.82, 2.24) is 20.4 Å². The molecule has 1 aromatic carbocycles. The van der Waals surface area contributed by atoms with Gasteiger partial charge in [0, 0.05) is 32.2 Å². The predicted octanol–water partition coefficient (Wildman–Crippen LogP) is 3.33. The lowest BCUT2D eigenvalue weighted by Gasteiger charge is -2.26. The number of rotatable bonds is 11. The van der Waals surface area contributed by atoms with Gasteiger partial charge in [-0.2, -0.15) is 0 Å². The quantitative estimate of drug-likeness (QED) is 0.451. The highest BCUT2D eigenvalue weighted by Gasteiger charge is 2.24. The zero-order valence-electron chi connectivity index (χ0n) is 18.5. The smallest absolute Gasteiger partial charge is 0.191 e. The molecule has 1 aromatic rings. The average molecular weight is 388 g/mol. The summed E-state index contributed by atoms with van der Waals surface area (Å²) < 4.78 is 0. The summed E-state index contributed by atoms with van der Waals surface area (Å²) >= 11 is 0. The van der Waals surface area contributed by atoms with Crippen molar-refractivity contribution in [2.24, 2.45) is 4.99 Å². The fourth-order valence-corrected chi connectivity index (χ4v) is 4.03. The number of aliphatic imine (C=N–C) groups is 1. The number of hydrogen-bond donors (Lipinski definition) is 2. The van der Waals surface area contributed by atoms with Crippen LogP contribution in [0.5, 0.6) is 0 Å². The van der Waals surface area contributed by atoms with Crippen molar-refractivity contribution in [3.05, 3.63) is 35.9 Å². The van der Waals surface area contributed by atoms with Crippen LogP contribution in [-0.2, 0) is 6.54 Å². The third-order valence-corrected chi connectivity index (χ3v) is 5.85. The highest BCUT2D eigenvalue weighted by molar-refractivity contribution is 5.79. The van der Waals surface area contributed by atoms with E-state index in [-0.39, 0.29) is 0 Å². The van der Waals surface area contributed by atoms with Gasteiger partial charge in [-0.05, 0) is 64.3 Å². The van der Waals surface area contributed by atoms with Crippen molar-refractivity contribution in [2.75, 3.05) is 39.8 Å². The SMILES string of the molecule is CCN(CC)CCCC(C)NC(=NC)NCC1CCCN1Cc1ccccc1. The molecule has 0 bridgehead atoms. The molecule has 2 rings (SSSR count). The zero-order chi connectivity index (χ0) is 20.2. The first-order chi connectivity index (χ1) is 13.7. The van der Waals surface area contributed by atoms with Crippen LogP contribution in [0.2, 0.25) is 0 Å². The fourth-order valence-electron chi connectivity index (χ4n) is 4.03. The van der Waals surface area contributed by atoms with Gasteiger partial charge in [0.15, 0.2) is 5.96 Å². The summed E-state index contributed by atoms with van der Waals surface area (Å²) in [6.45, 7) is 13.4. The van der Waals surface area contributed by atoms with Gasteiger partial charge in [-0.1, -0.05) is 44.2 Å². The molecular formula is C23H41N5. The summed E-state index contributed by atoms with van der Waals surface area (Å²) in [4.78, 5) is 9.53. The zero-order valence-corrected chi connectivity index (χ0v) is 18.5. The van der Waals surface area contributed by atoms with E-state index in [1.807, 2.05) is 7.05 Å². The van der Waals surface area contributed by atoms with Gasteiger partial charge in [-0.25, -0.2) is 0 Å². The Hall–Kier alpha value is -1.59. The maximum Gasteiger partial charge on any atom is 0.191 e. The van der Waals surface area contributed by atoms with Crippen LogP contribution in [0.15, 0.2) is 35.3 Å². The molecule has 0 aliphatic carbocycles. The second-order valence-corrected chi connectivity index (χ2v) is 7.92. The topological polar surface area (TPSA) is 42.9 Å². The lowest BCUT2D eigenvalue weighted by atomic mass is 10.1. The fraction of sp³-hybridized carbons (Fsp3) is 0.696. The van der Waals surface area contributed by atoms with Gasteiger partial charge in [0.1, 0.15) is 0 Å². The number of hydrogen-bond acceptors (Lipinski definition) is 3. The van der Waals surface area contributed by atoms with Gasteiger partial charge in [-0.3, -0.25) is 9.89 Å². The van der Waals surface area contributed by atoms with E-state index < -0.39 is 0 Å². The highest BCUT2D eigenvalue weighted by Crippen LogP contribution is 2.19. The van der Waals surface area contributed by atoms with Crippen molar-refractivity contribution < 1.29 is 0 Å². The van der Waals surface area contributed by atoms with Crippen molar-refractivity contribution >= 4 is 5.96 Å². The van der Waals surface area contributed by atoms with Crippen LogP contribution in [0.3, 0.4) is 0 Å². The summed E-state index contributed by atoms with van der Waals surface area (Å²) in [5, 5.41) is 7.13. The molecule has 1 heterocycles. The maximum absolute atomic E-state index is 4.44. The van der Waals surface area contributed by atoms with Gasteiger partial charge >= 0.3 is 0 Å². The minimum atomic E-state index is 0.436. The van der Waals surface area contributed by atoms with Crippen molar-refractivity contribution in [3.63, 3.8) is 0 Å². The Labute approximate surface area is 172 Å². The Kier molecular flexibility index (Phi) is 10.4. The molecule has 1 fully saturated rings. The van der Waals surface area contributed by atoms with Crippen LogP contribution in [0.4, 0.5) is 0 Å². The molecule has 1 aliphatic heterocycles. The average Bonchev–Trinajstić information content (AvgIpc) is 3.16. The molecule has 0 spiro atoms. The van der Waals surface area contributed by atoms with Crippen LogP contribution >= 0.6 is 0 Å². The van der Waals surface area contributed by atoms with Gasteiger partial charge in [0.2, 0.25) is 0 Å². The van der Waals surface area contributed by atoms with Crippen molar-refractivity contribution in [2.45, 2.75) is 65.1 Å². The number of benzene rings is 1. The van der Waals surface area contributed by atoms with Crippen LogP contribution in [0, 0.1) is 0 Å². The van der Waals surface area contributed by atoms with Crippen molar-refractivity contribution in [1.29, 1.82) is 0 Å². The van der Waals surface area contributed by atoms with Crippen LogP contribution in [0.25, 0.3) is 0 Å². The molecule has 0 radical (unpaired) electrons. The van der Waals surface area contributed by atoms with Crippen LogP contribution in [0.1, 0.15) is 52.0 Å². The van der Waals surface area contributed by atoms with E-state index >= 15 is 0 Å². The molecule has 1 saturated heterocycles. The monoisotopic (exact) mass is 387 g/mol. The largest absolute Gasteiger partial charge is 0.355 e. The van der Waals surface area contributed by atoms with E-state index in [0.29, 0.717) is 12.1 Å². The van der Waals surface area contributed by atoms with E-state index in [4.69, 9.17) is 0 Å². The molecule has 1 aliphatic rings. The second kappa shape index (κ2) is 12.8. The van der Waals surface area contributed by atoms with Gasteiger partial charge < -0.3 is 15.5 Å². The molecule has 0 amide bonds. The maximum atomic E-state index is 4.44. The standard InChI is InChI=1S/C23H41N5/c1-5-27(6-2)16-10-12-20(3)26-23(24-4)25-18-22-15-11-17-28(22)19-21-13-8-7-9-14-21/h7-9,13-14,20,22H,5-6,10-12,15-19H2,1-4H3,(H2,24,25,26). The third kappa shape index (κ3) is 7.80. The van der Waals surface area contributed by atoms with E-state index in [1.54, 1.807) is 0 Å². The van der Waals surface area contributed by atoms with Crippen LogP contribution in [-0.4, -0.2) is 67.6 Å². The minimum Gasteiger partial charge on any atom is -0.355 e. The predicted molar refractivity (Wildman–Crippen MR) is 121 cm³/mol. The lowest BCUT2D eigenvalue weighted by Crippen LogP contribution is -2.47. The summed E-state index contributed by atoms with van der Waals surface area (Å²) in [6, 6.07) is 11.8. The minimum absolute atomic E-state index is 0.436. The molecule has 5 nitrogen and oxygen atoms in total. The Morgan fingerprint density at radius 1 is 1.25 bits per heavy atom. The Morgan fingerprint density at radius 3 is 2.68 bits per heavy atom. The first-order valence-corrected chi connectivity index (χ1v) is 11.1. The molecular weight excluding hydrogens is 346 g/mol. The molecule has 28 heavy (non-hydrogen) atoms.